The third-order valence-electron chi connectivity index (χ3n) is 4.31. The number of ether oxygens (including phenoxy) is 2. The van der Waals surface area contributed by atoms with E-state index >= 15 is 0 Å². The Morgan fingerprint density at radius 1 is 1.45 bits per heavy atom. The van der Waals surface area contributed by atoms with Crippen LogP contribution in [0.2, 0.25) is 0 Å². The number of methoxy groups -OCH3 is 1. The first-order valence-corrected chi connectivity index (χ1v) is 6.91. The molecule has 1 saturated heterocycles. The second kappa shape index (κ2) is 5.42. The molecule has 4 atom stereocenters. The van der Waals surface area contributed by atoms with Crippen molar-refractivity contribution in [1.82, 2.24) is 5.32 Å². The lowest BCUT2D eigenvalue weighted by molar-refractivity contribution is -0.0809. The van der Waals surface area contributed by atoms with Gasteiger partial charge in [-0.05, 0) is 30.7 Å². The van der Waals surface area contributed by atoms with Crippen molar-refractivity contribution in [1.29, 1.82) is 0 Å². The zero-order valence-electron chi connectivity index (χ0n) is 11.4. The normalized spacial score (nSPS) is 31.4. The molecule has 1 saturated carbocycles. The highest BCUT2D eigenvalue weighted by atomic mass is 16.5. The molecular weight excluding hydrogens is 258 g/mol. The van der Waals surface area contributed by atoms with Crippen LogP contribution in [0.4, 0.5) is 0 Å². The van der Waals surface area contributed by atoms with Crippen molar-refractivity contribution < 1.29 is 19.4 Å². The van der Waals surface area contributed by atoms with Gasteiger partial charge in [0.15, 0.2) is 0 Å². The van der Waals surface area contributed by atoms with E-state index in [4.69, 9.17) is 9.47 Å². The van der Waals surface area contributed by atoms with Gasteiger partial charge in [0.2, 0.25) is 0 Å². The molecule has 2 aliphatic rings. The van der Waals surface area contributed by atoms with Gasteiger partial charge in [-0.2, -0.15) is 0 Å². The highest BCUT2D eigenvalue weighted by Gasteiger charge is 2.54. The van der Waals surface area contributed by atoms with Gasteiger partial charge in [-0.3, -0.25) is 4.79 Å². The molecule has 1 amide bonds. The van der Waals surface area contributed by atoms with Gasteiger partial charge in [0.25, 0.3) is 5.91 Å². The molecular formula is C15H19NO4. The standard InChI is InChI=1S/C15H19NO4/c1-19-8-12-13(11-6-7-20-14(11)12)16-15(18)9-2-4-10(17)5-3-9/h2-5,11-14,17H,6-8H2,1H3,(H,16,18)/t11-,12+,13+,14-/m1/s1. The number of hydrogen-bond acceptors (Lipinski definition) is 4. The minimum atomic E-state index is -0.110. The summed E-state index contributed by atoms with van der Waals surface area (Å²) in [6, 6.07) is 6.39. The molecule has 0 spiro atoms. The van der Waals surface area contributed by atoms with E-state index in [2.05, 4.69) is 5.32 Å². The molecule has 2 N–H and O–H groups in total. The highest BCUT2D eigenvalue weighted by Crippen LogP contribution is 2.43. The van der Waals surface area contributed by atoms with Crippen LogP contribution in [0.5, 0.6) is 5.75 Å². The number of amides is 1. The maximum Gasteiger partial charge on any atom is 0.251 e. The van der Waals surface area contributed by atoms with Crippen molar-refractivity contribution in [2.45, 2.75) is 18.6 Å². The fraction of sp³-hybridized carbons (Fsp3) is 0.533. The molecule has 2 fully saturated rings. The first-order chi connectivity index (χ1) is 9.70. The molecule has 5 nitrogen and oxygen atoms in total. The Hall–Kier alpha value is -1.59. The predicted octanol–water partition coefficient (Wildman–Crippen LogP) is 1.17. The van der Waals surface area contributed by atoms with Crippen molar-refractivity contribution in [3.63, 3.8) is 0 Å². The maximum absolute atomic E-state index is 12.2. The van der Waals surface area contributed by atoms with Gasteiger partial charge < -0.3 is 19.9 Å². The quantitative estimate of drug-likeness (QED) is 0.867. The van der Waals surface area contributed by atoms with E-state index in [9.17, 15) is 9.90 Å². The van der Waals surface area contributed by atoms with Gasteiger partial charge in [0.1, 0.15) is 5.75 Å². The fourth-order valence-electron chi connectivity index (χ4n) is 3.28. The van der Waals surface area contributed by atoms with Gasteiger partial charge >= 0.3 is 0 Å². The molecule has 1 heterocycles. The van der Waals surface area contributed by atoms with E-state index in [1.165, 1.54) is 12.1 Å². The van der Waals surface area contributed by atoms with E-state index in [0.717, 1.165) is 13.0 Å². The average molecular weight is 277 g/mol. The maximum atomic E-state index is 12.2. The lowest BCUT2D eigenvalue weighted by Gasteiger charge is -2.47. The number of carbonyl (C=O) groups excluding carboxylic acids is 1. The SMILES string of the molecule is COC[C@H]1[C@@H](NC(=O)c2ccc(O)cc2)[C@H]2CCO[C@H]21. The summed E-state index contributed by atoms with van der Waals surface area (Å²) in [6.45, 7) is 1.36. The Balaban J connectivity index is 1.67. The van der Waals surface area contributed by atoms with E-state index < -0.39 is 0 Å². The number of carbonyl (C=O) groups is 1. The lowest BCUT2D eigenvalue weighted by Crippen LogP contribution is -2.62. The molecule has 0 bridgehead atoms. The van der Waals surface area contributed by atoms with Crippen molar-refractivity contribution >= 4 is 5.91 Å². The number of fused-ring (bicyclic) bond motifs is 1. The van der Waals surface area contributed by atoms with Gasteiger partial charge in [0.05, 0.1) is 12.7 Å². The lowest BCUT2D eigenvalue weighted by atomic mass is 9.67. The highest BCUT2D eigenvalue weighted by molar-refractivity contribution is 5.94. The van der Waals surface area contributed by atoms with Gasteiger partial charge in [-0.1, -0.05) is 0 Å². The Labute approximate surface area is 117 Å². The smallest absolute Gasteiger partial charge is 0.251 e. The number of aromatic hydroxyl groups is 1. The summed E-state index contributed by atoms with van der Waals surface area (Å²) in [7, 11) is 1.67. The van der Waals surface area contributed by atoms with Gasteiger partial charge in [-0.15, -0.1) is 0 Å². The second-order valence-corrected chi connectivity index (χ2v) is 5.45. The average Bonchev–Trinajstić information content (AvgIpc) is 2.87. The summed E-state index contributed by atoms with van der Waals surface area (Å²) < 4.78 is 10.9. The Morgan fingerprint density at radius 2 is 2.20 bits per heavy atom. The molecule has 0 aromatic heterocycles. The molecule has 3 rings (SSSR count). The predicted molar refractivity (Wildman–Crippen MR) is 72.6 cm³/mol. The first kappa shape index (κ1) is 13.4. The zero-order chi connectivity index (χ0) is 14.1. The van der Waals surface area contributed by atoms with Gasteiger partial charge in [0, 0.05) is 37.2 Å². The molecule has 5 heteroatoms. The van der Waals surface area contributed by atoms with E-state index in [1.807, 2.05) is 0 Å². The summed E-state index contributed by atoms with van der Waals surface area (Å²) in [5.74, 6) is 0.679. The summed E-state index contributed by atoms with van der Waals surface area (Å²) in [4.78, 5) is 12.2. The monoisotopic (exact) mass is 277 g/mol. The number of hydrogen-bond donors (Lipinski definition) is 2. The number of nitrogens with one attached hydrogen (secondary N) is 1. The Morgan fingerprint density at radius 3 is 2.90 bits per heavy atom. The van der Waals surface area contributed by atoms with Crippen molar-refractivity contribution in [3.8, 4) is 5.75 Å². The van der Waals surface area contributed by atoms with Crippen LogP contribution in [0.1, 0.15) is 16.8 Å². The van der Waals surface area contributed by atoms with Crippen LogP contribution in [-0.2, 0) is 9.47 Å². The molecule has 20 heavy (non-hydrogen) atoms. The van der Waals surface area contributed by atoms with E-state index in [-0.39, 0.29) is 29.7 Å². The van der Waals surface area contributed by atoms with Crippen LogP contribution in [0, 0.1) is 11.8 Å². The fourth-order valence-corrected chi connectivity index (χ4v) is 3.28. The molecule has 108 valence electrons. The molecule has 0 radical (unpaired) electrons. The number of phenolic OH excluding ortho intramolecular Hbond substituents is 1. The Kier molecular flexibility index (Phi) is 3.63. The molecule has 1 aromatic rings. The van der Waals surface area contributed by atoms with Gasteiger partial charge in [-0.25, -0.2) is 0 Å². The van der Waals surface area contributed by atoms with Crippen LogP contribution >= 0.6 is 0 Å². The molecule has 0 unspecified atom stereocenters. The van der Waals surface area contributed by atoms with Crippen molar-refractivity contribution in [2.24, 2.45) is 11.8 Å². The zero-order valence-corrected chi connectivity index (χ0v) is 11.4. The number of phenols is 1. The van der Waals surface area contributed by atoms with Crippen LogP contribution in [0.25, 0.3) is 0 Å². The topological polar surface area (TPSA) is 67.8 Å². The van der Waals surface area contributed by atoms with E-state index in [0.29, 0.717) is 18.1 Å². The molecule has 1 aliphatic carbocycles. The van der Waals surface area contributed by atoms with Crippen LogP contribution in [-0.4, -0.2) is 43.5 Å². The van der Waals surface area contributed by atoms with Crippen molar-refractivity contribution in [3.05, 3.63) is 29.8 Å². The first-order valence-electron chi connectivity index (χ1n) is 6.91. The summed E-state index contributed by atoms with van der Waals surface area (Å²) in [5.41, 5.74) is 0.557. The van der Waals surface area contributed by atoms with Crippen LogP contribution < -0.4 is 5.32 Å². The summed E-state index contributed by atoms with van der Waals surface area (Å²) >= 11 is 0. The number of rotatable bonds is 4. The Bertz CT molecular complexity index is 487. The van der Waals surface area contributed by atoms with E-state index in [1.54, 1.807) is 19.2 Å². The van der Waals surface area contributed by atoms with Crippen LogP contribution in [0.3, 0.4) is 0 Å². The third kappa shape index (κ3) is 2.27. The minimum Gasteiger partial charge on any atom is -0.508 e. The molecule has 1 aromatic carbocycles. The van der Waals surface area contributed by atoms with Crippen molar-refractivity contribution in [2.75, 3.05) is 20.3 Å². The number of benzene rings is 1. The summed E-state index contributed by atoms with van der Waals surface area (Å²) in [6.07, 6.45) is 1.21. The minimum absolute atomic E-state index is 0.110. The largest absolute Gasteiger partial charge is 0.508 e. The molecule has 1 aliphatic heterocycles. The summed E-state index contributed by atoms with van der Waals surface area (Å²) in [5, 5.41) is 12.3. The second-order valence-electron chi connectivity index (χ2n) is 5.45. The van der Waals surface area contributed by atoms with Crippen LogP contribution in [0.15, 0.2) is 24.3 Å². The third-order valence-corrected chi connectivity index (χ3v) is 4.31.